The zero-order valence-corrected chi connectivity index (χ0v) is 18.4. The van der Waals surface area contributed by atoms with Crippen LogP contribution in [0.2, 0.25) is 0 Å². The lowest BCUT2D eigenvalue weighted by Gasteiger charge is -2.17. The normalized spacial score (nSPS) is 11.5. The van der Waals surface area contributed by atoms with E-state index in [4.69, 9.17) is 0 Å². The standard InChI is InChI=1S/C23H45NS/c1-23(2,3)20-18-16-14-12-10-8-6-4-5-7-9-11-13-15-17-19-21-24-22-25/h4-21H2,1-3H3. The van der Waals surface area contributed by atoms with Gasteiger partial charge in [-0.3, -0.25) is 0 Å². The molecule has 0 saturated heterocycles. The van der Waals surface area contributed by atoms with Crippen molar-refractivity contribution in [1.82, 2.24) is 0 Å². The van der Waals surface area contributed by atoms with E-state index in [1.807, 2.05) is 0 Å². The minimum atomic E-state index is 0.527. The molecule has 25 heavy (non-hydrogen) atoms. The molecule has 0 N–H and O–H groups in total. The largest absolute Gasteiger partial charge is 0.233 e. The number of aliphatic imine (C=N–C) groups is 1. The molecule has 0 fully saturated rings. The Morgan fingerprint density at radius 2 is 0.880 bits per heavy atom. The molecule has 0 aliphatic rings. The van der Waals surface area contributed by atoms with E-state index >= 15 is 0 Å². The van der Waals surface area contributed by atoms with E-state index in [0.717, 1.165) is 6.54 Å². The molecule has 0 unspecified atom stereocenters. The van der Waals surface area contributed by atoms with Gasteiger partial charge in [-0.25, -0.2) is 4.99 Å². The van der Waals surface area contributed by atoms with Crippen LogP contribution in [0, 0.1) is 5.41 Å². The Labute approximate surface area is 164 Å². The maximum absolute atomic E-state index is 4.56. The fraction of sp³-hybridized carbons (Fsp3) is 0.957. The molecule has 0 rings (SSSR count). The summed E-state index contributed by atoms with van der Waals surface area (Å²) in [6.45, 7) is 7.94. The van der Waals surface area contributed by atoms with Crippen molar-refractivity contribution in [3.63, 3.8) is 0 Å². The van der Waals surface area contributed by atoms with Gasteiger partial charge in [0.15, 0.2) is 0 Å². The summed E-state index contributed by atoms with van der Waals surface area (Å²) in [6.07, 6.45) is 24.0. The minimum Gasteiger partial charge on any atom is -0.233 e. The van der Waals surface area contributed by atoms with E-state index in [9.17, 15) is 0 Å². The highest BCUT2D eigenvalue weighted by Gasteiger charge is 2.08. The van der Waals surface area contributed by atoms with Crippen LogP contribution in [0.15, 0.2) is 4.99 Å². The number of hydrogen-bond donors (Lipinski definition) is 0. The first-order chi connectivity index (χ1) is 12.1. The van der Waals surface area contributed by atoms with Gasteiger partial charge in [0, 0.05) is 6.54 Å². The number of hydrogen-bond acceptors (Lipinski definition) is 2. The summed E-state index contributed by atoms with van der Waals surface area (Å²) in [7, 11) is 0. The number of unbranched alkanes of at least 4 members (excludes halogenated alkanes) is 15. The van der Waals surface area contributed by atoms with Gasteiger partial charge in [0.2, 0.25) is 0 Å². The molecule has 0 atom stereocenters. The van der Waals surface area contributed by atoms with Gasteiger partial charge in [-0.2, -0.15) is 0 Å². The van der Waals surface area contributed by atoms with Crippen molar-refractivity contribution in [3.8, 4) is 0 Å². The van der Waals surface area contributed by atoms with Gasteiger partial charge in [-0.05, 0) is 30.5 Å². The molecule has 0 amide bonds. The van der Waals surface area contributed by atoms with Crippen LogP contribution >= 0.6 is 12.2 Å². The molecule has 0 aromatic rings. The highest BCUT2D eigenvalue weighted by molar-refractivity contribution is 7.78. The number of nitrogens with zero attached hydrogens (tertiary/aromatic N) is 1. The lowest BCUT2D eigenvalue weighted by Crippen LogP contribution is -2.03. The molecule has 0 heterocycles. The van der Waals surface area contributed by atoms with Crippen molar-refractivity contribution in [2.24, 2.45) is 10.4 Å². The second-order valence-electron chi connectivity index (χ2n) is 8.94. The molecule has 0 spiro atoms. The maximum atomic E-state index is 4.56. The third-order valence-electron chi connectivity index (χ3n) is 5.01. The molecule has 148 valence electrons. The molecule has 1 nitrogen and oxygen atoms in total. The van der Waals surface area contributed by atoms with E-state index in [-0.39, 0.29) is 0 Å². The Bertz CT molecular complexity index is 313. The maximum Gasteiger partial charge on any atom is 0.0584 e. The molecule has 0 aromatic heterocycles. The van der Waals surface area contributed by atoms with Gasteiger partial charge in [-0.15, -0.1) is 0 Å². The first-order valence-corrected chi connectivity index (χ1v) is 11.5. The zero-order valence-electron chi connectivity index (χ0n) is 17.6. The fourth-order valence-electron chi connectivity index (χ4n) is 3.37. The molecular formula is C23H45NS. The summed E-state index contributed by atoms with van der Waals surface area (Å²) in [6, 6.07) is 0. The summed E-state index contributed by atoms with van der Waals surface area (Å²) in [5, 5.41) is 2.44. The summed E-state index contributed by atoms with van der Waals surface area (Å²) in [4.78, 5) is 3.95. The Hall–Kier alpha value is -0.200. The van der Waals surface area contributed by atoms with E-state index in [0.29, 0.717) is 5.41 Å². The first kappa shape index (κ1) is 24.8. The van der Waals surface area contributed by atoms with Crippen molar-refractivity contribution in [2.45, 2.75) is 130 Å². The molecular weight excluding hydrogens is 322 g/mol. The van der Waals surface area contributed by atoms with Crippen molar-refractivity contribution in [2.75, 3.05) is 6.54 Å². The SMILES string of the molecule is CC(C)(C)CCCCCCCCCCCCCCCCCCN=C=S. The Morgan fingerprint density at radius 1 is 0.560 bits per heavy atom. The van der Waals surface area contributed by atoms with Crippen LogP contribution in [-0.4, -0.2) is 11.7 Å². The van der Waals surface area contributed by atoms with Gasteiger partial charge in [0.05, 0.1) is 5.16 Å². The predicted octanol–water partition coefficient (Wildman–Crippen LogP) is 8.77. The van der Waals surface area contributed by atoms with E-state index in [1.54, 1.807) is 0 Å². The quantitative estimate of drug-likeness (QED) is 0.134. The fourth-order valence-corrected chi connectivity index (χ4v) is 3.46. The van der Waals surface area contributed by atoms with Crippen LogP contribution in [0.4, 0.5) is 0 Å². The molecule has 0 aliphatic carbocycles. The predicted molar refractivity (Wildman–Crippen MR) is 118 cm³/mol. The highest BCUT2D eigenvalue weighted by Crippen LogP contribution is 2.22. The Morgan fingerprint density at radius 3 is 1.20 bits per heavy atom. The van der Waals surface area contributed by atoms with Crippen LogP contribution < -0.4 is 0 Å². The highest BCUT2D eigenvalue weighted by atomic mass is 32.1. The lowest BCUT2D eigenvalue weighted by molar-refractivity contribution is 0.356. The molecule has 2 heteroatoms. The van der Waals surface area contributed by atoms with Crippen molar-refractivity contribution < 1.29 is 0 Å². The second-order valence-corrected chi connectivity index (χ2v) is 9.12. The third-order valence-corrected chi connectivity index (χ3v) is 5.14. The molecule has 0 saturated carbocycles. The van der Waals surface area contributed by atoms with Gasteiger partial charge < -0.3 is 0 Å². The summed E-state index contributed by atoms with van der Waals surface area (Å²) >= 11 is 4.56. The summed E-state index contributed by atoms with van der Waals surface area (Å²) in [5.41, 5.74) is 0.527. The zero-order chi connectivity index (χ0) is 18.6. The van der Waals surface area contributed by atoms with Gasteiger partial charge in [0.25, 0.3) is 0 Å². The van der Waals surface area contributed by atoms with Crippen LogP contribution in [-0.2, 0) is 0 Å². The summed E-state index contributed by atoms with van der Waals surface area (Å²) < 4.78 is 0. The average molecular weight is 368 g/mol. The minimum absolute atomic E-state index is 0.527. The number of thiocarbonyl (C=S) groups is 1. The van der Waals surface area contributed by atoms with Gasteiger partial charge in [0.1, 0.15) is 0 Å². The second kappa shape index (κ2) is 18.6. The number of isothiocyanates is 1. The van der Waals surface area contributed by atoms with E-state index in [2.05, 4.69) is 43.1 Å². The molecule has 0 bridgehead atoms. The van der Waals surface area contributed by atoms with Gasteiger partial charge in [-0.1, -0.05) is 117 Å². The topological polar surface area (TPSA) is 12.4 Å². The van der Waals surface area contributed by atoms with E-state index < -0.39 is 0 Å². The molecule has 0 aliphatic heterocycles. The van der Waals surface area contributed by atoms with Crippen LogP contribution in [0.1, 0.15) is 130 Å². The number of rotatable bonds is 18. The van der Waals surface area contributed by atoms with Crippen LogP contribution in [0.3, 0.4) is 0 Å². The third kappa shape index (κ3) is 23.8. The van der Waals surface area contributed by atoms with Crippen molar-refractivity contribution in [1.29, 1.82) is 0 Å². The molecule has 0 aromatic carbocycles. The van der Waals surface area contributed by atoms with E-state index in [1.165, 1.54) is 109 Å². The Balaban J connectivity index is 3.04. The molecule has 0 radical (unpaired) electrons. The lowest BCUT2D eigenvalue weighted by atomic mass is 9.89. The van der Waals surface area contributed by atoms with Crippen molar-refractivity contribution in [3.05, 3.63) is 0 Å². The van der Waals surface area contributed by atoms with Crippen molar-refractivity contribution >= 4 is 17.4 Å². The van der Waals surface area contributed by atoms with Crippen LogP contribution in [0.25, 0.3) is 0 Å². The Kier molecular flexibility index (Phi) is 18.4. The van der Waals surface area contributed by atoms with Gasteiger partial charge >= 0.3 is 0 Å². The van der Waals surface area contributed by atoms with Crippen LogP contribution in [0.5, 0.6) is 0 Å². The average Bonchev–Trinajstić information content (AvgIpc) is 2.56. The monoisotopic (exact) mass is 367 g/mol. The smallest absolute Gasteiger partial charge is 0.0584 e. The first-order valence-electron chi connectivity index (χ1n) is 11.1. The summed E-state index contributed by atoms with van der Waals surface area (Å²) in [5.74, 6) is 0.